The summed E-state index contributed by atoms with van der Waals surface area (Å²) in [6.07, 6.45) is 4.13. The van der Waals surface area contributed by atoms with E-state index in [1.165, 1.54) is 54.9 Å². The van der Waals surface area contributed by atoms with Crippen molar-refractivity contribution in [3.8, 4) is 56.3 Å². The zero-order chi connectivity index (χ0) is 66.5. The van der Waals surface area contributed by atoms with E-state index >= 15 is 0 Å². The number of anilines is 2. The summed E-state index contributed by atoms with van der Waals surface area (Å²) in [5.41, 5.74) is 23.9. The second kappa shape index (κ2) is 25.3. The van der Waals surface area contributed by atoms with Crippen LogP contribution in [-0.4, -0.2) is 16.0 Å². The molecule has 466 valence electrons. The van der Waals surface area contributed by atoms with E-state index < -0.39 is 0 Å². The van der Waals surface area contributed by atoms with Crippen LogP contribution >= 0.6 is 12.8 Å². The van der Waals surface area contributed by atoms with Crippen LogP contribution in [-0.2, 0) is 10.8 Å². The molecule has 0 unspecified atom stereocenters. The Morgan fingerprint density at radius 3 is 1.33 bits per heavy atom. The fourth-order valence-electron chi connectivity index (χ4n) is 14.1. The lowest BCUT2D eigenvalue weighted by Gasteiger charge is -2.31. The standard InChI is InChI=1S/C91H71N5S/c1-90(2,3)69-43-34-66(35-44-69)85(67-36-45-70(46-37-67)91(4,5)6)81(58-92)63-32-30-60(31-33-63)62-40-49-72(50-41-62)95(71-47-38-61(39-48-71)59-20-10-7-11-21-59)84-55-53-74(89(94-97)88(84)93)68-42-54-83-79(56-68)75-26-18-19-29-82(75)96(83)73-51-52-78-80(57-73)87(65-24-14-9-15-25-65)77-28-17-16-27-76(77)86(78)64-22-12-8-13-23-64/h7-57,93,97H,1-6H3. The Hall–Kier alpha value is -11.6. The van der Waals surface area contributed by atoms with Gasteiger partial charge in [0.2, 0.25) is 0 Å². The van der Waals surface area contributed by atoms with Crippen molar-refractivity contribution in [2.75, 3.05) is 4.90 Å². The highest BCUT2D eigenvalue weighted by Gasteiger charge is 2.29. The molecule has 97 heavy (non-hydrogen) atoms. The molecule has 1 aliphatic rings. The Kier molecular flexibility index (Phi) is 16.0. The fourth-order valence-corrected chi connectivity index (χ4v) is 14.4. The monoisotopic (exact) mass is 1270 g/mol. The number of benzene rings is 13. The van der Waals surface area contributed by atoms with E-state index in [1.807, 2.05) is 12.1 Å². The first-order chi connectivity index (χ1) is 47.2. The van der Waals surface area contributed by atoms with Crippen molar-refractivity contribution in [2.45, 2.75) is 52.4 Å². The summed E-state index contributed by atoms with van der Waals surface area (Å²) in [5.74, 6) is 0. The topological polar surface area (TPSA) is 68.2 Å². The summed E-state index contributed by atoms with van der Waals surface area (Å²) < 4.78 is 7.03. The van der Waals surface area contributed by atoms with Gasteiger partial charge in [0.1, 0.15) is 17.5 Å². The summed E-state index contributed by atoms with van der Waals surface area (Å²) in [7, 11) is 0. The van der Waals surface area contributed by atoms with Crippen molar-refractivity contribution in [3.05, 3.63) is 348 Å². The first-order valence-electron chi connectivity index (χ1n) is 33.1. The maximum absolute atomic E-state index is 11.1. The molecule has 1 heterocycles. The zero-order valence-corrected chi connectivity index (χ0v) is 56.1. The lowest BCUT2D eigenvalue weighted by molar-refractivity contribution is 0.590. The molecule has 15 rings (SSSR count). The third-order valence-electron chi connectivity index (χ3n) is 19.2. The molecular weight excluding hydrogens is 1200 g/mol. The van der Waals surface area contributed by atoms with Crippen molar-refractivity contribution < 1.29 is 0 Å². The van der Waals surface area contributed by atoms with Gasteiger partial charge < -0.3 is 9.47 Å². The summed E-state index contributed by atoms with van der Waals surface area (Å²) in [5, 5.41) is 28.3. The highest BCUT2D eigenvalue weighted by molar-refractivity contribution is 7.79. The Morgan fingerprint density at radius 2 is 0.825 bits per heavy atom. The highest BCUT2D eigenvalue weighted by atomic mass is 32.1. The first-order valence-corrected chi connectivity index (χ1v) is 33.5. The summed E-state index contributed by atoms with van der Waals surface area (Å²) in [6, 6.07) is 108. The summed E-state index contributed by atoms with van der Waals surface area (Å²) in [6.45, 7) is 13.3. The number of hydrogen-bond acceptors (Lipinski definition) is 5. The van der Waals surface area contributed by atoms with Crippen LogP contribution in [0.1, 0.15) is 74.9 Å². The lowest BCUT2D eigenvalue weighted by atomic mass is 9.83. The molecule has 0 fully saturated rings. The molecule has 0 radical (unpaired) electrons. The quantitative estimate of drug-likeness (QED) is 0.0421. The van der Waals surface area contributed by atoms with Crippen LogP contribution in [0.4, 0.5) is 11.4 Å². The number of aromatic nitrogens is 1. The van der Waals surface area contributed by atoms with E-state index in [9.17, 15) is 10.7 Å². The Bertz CT molecular complexity index is 5480. The number of para-hydroxylation sites is 1. The molecule has 0 saturated carbocycles. The number of thiol groups is 1. The summed E-state index contributed by atoms with van der Waals surface area (Å²) in [4.78, 5) is 2.14. The number of hydrogen-bond donors (Lipinski definition) is 2. The average Bonchev–Trinajstić information content (AvgIpc) is 1.70. The van der Waals surface area contributed by atoms with E-state index in [4.69, 9.17) is 0 Å². The van der Waals surface area contributed by atoms with Gasteiger partial charge in [-0.3, -0.25) is 5.41 Å². The molecule has 5 nitrogen and oxygen atoms in total. The fraction of sp³-hybridized carbons (Fsp3) is 0.0879. The van der Waals surface area contributed by atoms with E-state index in [-0.39, 0.29) is 16.5 Å². The molecule has 0 atom stereocenters. The van der Waals surface area contributed by atoms with Gasteiger partial charge in [0.15, 0.2) is 0 Å². The number of nitrogens with zero attached hydrogens (tertiary/aromatic N) is 4. The average molecular weight is 1270 g/mol. The van der Waals surface area contributed by atoms with E-state index in [0.29, 0.717) is 17.0 Å². The van der Waals surface area contributed by atoms with Crippen LogP contribution in [0.25, 0.3) is 110 Å². The Labute approximate surface area is 573 Å². The number of nitriles is 1. The number of allylic oxidation sites excluding steroid dienone is 5. The summed E-state index contributed by atoms with van der Waals surface area (Å²) >= 11 is 4.66. The molecule has 0 bridgehead atoms. The smallest absolute Gasteiger partial charge is 0.106 e. The minimum absolute atomic E-state index is 0.00949. The third kappa shape index (κ3) is 11.5. The second-order valence-corrected chi connectivity index (χ2v) is 27.4. The molecule has 1 N–H and O–H groups in total. The van der Waals surface area contributed by atoms with E-state index in [2.05, 4.69) is 372 Å². The van der Waals surface area contributed by atoms with Gasteiger partial charge in [0.05, 0.1) is 22.3 Å². The van der Waals surface area contributed by atoms with Gasteiger partial charge in [0.25, 0.3) is 0 Å². The third-order valence-corrected chi connectivity index (χ3v) is 19.4. The van der Waals surface area contributed by atoms with Crippen LogP contribution in [0.3, 0.4) is 0 Å². The molecule has 1 aliphatic carbocycles. The number of rotatable bonds is 12. The van der Waals surface area contributed by atoms with Gasteiger partial charge in [-0.1, -0.05) is 284 Å². The van der Waals surface area contributed by atoms with E-state index in [0.717, 1.165) is 94.5 Å². The zero-order valence-electron chi connectivity index (χ0n) is 55.2. The van der Waals surface area contributed by atoms with Crippen molar-refractivity contribution in [3.63, 3.8) is 0 Å². The molecule has 0 aliphatic heterocycles. The van der Waals surface area contributed by atoms with Gasteiger partial charge in [-0.15, -0.1) is 0 Å². The van der Waals surface area contributed by atoms with Crippen LogP contribution in [0, 0.1) is 16.7 Å². The van der Waals surface area contributed by atoms with Gasteiger partial charge in [0, 0.05) is 39.0 Å². The first kappa shape index (κ1) is 61.6. The Morgan fingerprint density at radius 1 is 0.402 bits per heavy atom. The molecule has 0 spiro atoms. The van der Waals surface area contributed by atoms with Gasteiger partial charge in [-0.2, -0.15) is 5.26 Å². The Balaban J connectivity index is 0.802. The van der Waals surface area contributed by atoms with Crippen LogP contribution < -0.4 is 4.90 Å². The predicted molar refractivity (Wildman–Crippen MR) is 415 cm³/mol. The molecule has 1 aromatic heterocycles. The highest BCUT2D eigenvalue weighted by Crippen LogP contribution is 2.46. The maximum atomic E-state index is 11.1. The second-order valence-electron chi connectivity index (χ2n) is 27.2. The maximum Gasteiger partial charge on any atom is 0.106 e. The lowest BCUT2D eigenvalue weighted by Crippen LogP contribution is -2.30. The van der Waals surface area contributed by atoms with Crippen LogP contribution in [0.5, 0.6) is 0 Å². The minimum Gasteiger partial charge on any atom is -0.309 e. The van der Waals surface area contributed by atoms with Gasteiger partial charge in [-0.05, 0) is 190 Å². The van der Waals surface area contributed by atoms with Gasteiger partial charge in [-0.25, -0.2) is 4.40 Å². The molecular formula is C91H71N5S. The molecule has 0 amide bonds. The molecule has 6 heteroatoms. The van der Waals surface area contributed by atoms with Crippen molar-refractivity contribution in [2.24, 2.45) is 4.40 Å². The predicted octanol–water partition coefficient (Wildman–Crippen LogP) is 24.3. The molecule has 0 saturated heterocycles. The van der Waals surface area contributed by atoms with Crippen LogP contribution in [0.2, 0.25) is 0 Å². The minimum atomic E-state index is -0.00949. The van der Waals surface area contributed by atoms with Crippen molar-refractivity contribution in [1.29, 1.82) is 10.7 Å². The van der Waals surface area contributed by atoms with Crippen molar-refractivity contribution >= 4 is 95.7 Å². The SMILES string of the molecule is CC(C)(C)c1ccc(C(=C(C#N)c2ccc(-c3ccc(N(C4=CC=C(c5ccc6c(c5)c5ccccc5n6-c5ccc6c(-c7ccccc7)c7ccccc7c(-c7ccccc7)c6c5)C(=NS)C4=N)c4ccc(-c5ccccc5)cc4)cc3)cc2)c2ccc(C(C)(C)C)cc2)cc1. The number of nitrogens with one attached hydrogen (secondary N) is 1. The number of fused-ring (bicyclic) bond motifs is 5. The van der Waals surface area contributed by atoms with Gasteiger partial charge >= 0.3 is 0 Å². The molecule has 14 aromatic rings. The molecule has 13 aromatic carbocycles. The van der Waals surface area contributed by atoms with Crippen LogP contribution in [0.15, 0.2) is 319 Å². The van der Waals surface area contributed by atoms with E-state index in [1.54, 1.807) is 0 Å². The largest absolute Gasteiger partial charge is 0.309 e. The normalized spacial score (nSPS) is 13.1. The van der Waals surface area contributed by atoms with Crippen molar-refractivity contribution in [1.82, 2.24) is 4.57 Å².